The van der Waals surface area contributed by atoms with E-state index in [1.165, 1.54) is 25.7 Å². The van der Waals surface area contributed by atoms with Crippen molar-refractivity contribution in [2.75, 3.05) is 33.8 Å². The quantitative estimate of drug-likeness (QED) is 0.368. The van der Waals surface area contributed by atoms with Crippen molar-refractivity contribution >= 4 is 35.8 Å². The second-order valence-electron chi connectivity index (χ2n) is 6.80. The summed E-state index contributed by atoms with van der Waals surface area (Å²) in [6.07, 6.45) is 6.43. The van der Waals surface area contributed by atoms with Gasteiger partial charge < -0.3 is 20.3 Å². The Morgan fingerprint density at radius 3 is 2.50 bits per heavy atom. The van der Waals surface area contributed by atoms with Crippen LogP contribution >= 0.6 is 24.0 Å². The van der Waals surface area contributed by atoms with Crippen molar-refractivity contribution in [3.63, 3.8) is 0 Å². The minimum Gasteiger partial charge on any atom is -0.378 e. The van der Waals surface area contributed by atoms with Gasteiger partial charge in [0.15, 0.2) is 5.96 Å². The second-order valence-corrected chi connectivity index (χ2v) is 6.80. The van der Waals surface area contributed by atoms with E-state index in [4.69, 9.17) is 4.74 Å². The van der Waals surface area contributed by atoms with Crippen molar-refractivity contribution in [1.82, 2.24) is 15.5 Å². The number of nitrogens with one attached hydrogen (secondary N) is 2. The molecule has 2 unspecified atom stereocenters. The third-order valence-electron chi connectivity index (χ3n) is 5.21. The molecule has 2 aliphatic carbocycles. The summed E-state index contributed by atoms with van der Waals surface area (Å²) in [6.45, 7) is 5.86. The lowest BCUT2D eigenvalue weighted by atomic mass is 9.60. The van der Waals surface area contributed by atoms with Crippen molar-refractivity contribution in [3.8, 4) is 0 Å². The van der Waals surface area contributed by atoms with Gasteiger partial charge in [0.1, 0.15) is 6.54 Å². The summed E-state index contributed by atoms with van der Waals surface area (Å²) in [5, 5.41) is 6.81. The fourth-order valence-electron chi connectivity index (χ4n) is 3.86. The highest BCUT2D eigenvalue weighted by molar-refractivity contribution is 14.0. The van der Waals surface area contributed by atoms with Gasteiger partial charge in [0.2, 0.25) is 5.91 Å². The monoisotopic (exact) mass is 452 g/mol. The number of carbonyl (C=O) groups excluding carboxylic acids is 1. The van der Waals surface area contributed by atoms with Crippen molar-refractivity contribution in [2.24, 2.45) is 10.4 Å². The van der Waals surface area contributed by atoms with E-state index >= 15 is 0 Å². The molecule has 2 saturated carbocycles. The molecule has 2 aliphatic rings. The largest absolute Gasteiger partial charge is 0.378 e. The maximum absolute atomic E-state index is 11.8. The van der Waals surface area contributed by atoms with Gasteiger partial charge in [0.25, 0.3) is 0 Å². The Morgan fingerprint density at radius 1 is 1.29 bits per heavy atom. The first-order valence-electron chi connectivity index (χ1n) is 8.90. The van der Waals surface area contributed by atoms with Gasteiger partial charge in [-0.15, -0.1) is 24.0 Å². The topological polar surface area (TPSA) is 66.0 Å². The fraction of sp³-hybridized carbons (Fsp3) is 0.882. The number of amides is 1. The molecule has 2 atom stereocenters. The van der Waals surface area contributed by atoms with Crippen LogP contribution in [-0.2, 0) is 9.53 Å². The Balaban J connectivity index is 0.00000288. The van der Waals surface area contributed by atoms with E-state index in [2.05, 4.69) is 22.5 Å². The lowest BCUT2D eigenvalue weighted by Gasteiger charge is -2.54. The van der Waals surface area contributed by atoms with Gasteiger partial charge in [0, 0.05) is 38.7 Å². The first-order valence-corrected chi connectivity index (χ1v) is 8.90. The first-order chi connectivity index (χ1) is 11.0. The molecule has 0 bridgehead atoms. The van der Waals surface area contributed by atoms with Gasteiger partial charge in [-0.25, -0.2) is 4.99 Å². The molecule has 0 aromatic rings. The number of nitrogens with zero attached hydrogens (tertiary/aromatic N) is 2. The van der Waals surface area contributed by atoms with E-state index < -0.39 is 0 Å². The number of rotatable bonds is 6. The van der Waals surface area contributed by atoms with Crippen molar-refractivity contribution < 1.29 is 9.53 Å². The highest BCUT2D eigenvalue weighted by atomic mass is 127. The van der Waals surface area contributed by atoms with Crippen molar-refractivity contribution in [2.45, 2.75) is 58.1 Å². The van der Waals surface area contributed by atoms with Crippen LogP contribution in [0.3, 0.4) is 0 Å². The number of hydrogen-bond donors (Lipinski definition) is 2. The molecule has 1 amide bonds. The molecule has 6 nitrogen and oxygen atoms in total. The normalized spacial score (nSPS) is 24.9. The summed E-state index contributed by atoms with van der Waals surface area (Å²) in [5.74, 6) is 0.757. The molecule has 2 N–H and O–H groups in total. The van der Waals surface area contributed by atoms with Crippen LogP contribution < -0.4 is 10.6 Å². The fourth-order valence-corrected chi connectivity index (χ4v) is 3.86. The molecular formula is C17H33IN4O2. The summed E-state index contributed by atoms with van der Waals surface area (Å²) in [7, 11) is 3.51. The van der Waals surface area contributed by atoms with E-state index in [0.717, 1.165) is 25.5 Å². The van der Waals surface area contributed by atoms with Crippen molar-refractivity contribution in [3.05, 3.63) is 0 Å². The van der Waals surface area contributed by atoms with Crippen LogP contribution in [0.4, 0.5) is 0 Å². The third-order valence-corrected chi connectivity index (χ3v) is 5.21. The predicted molar refractivity (Wildman–Crippen MR) is 108 cm³/mol. The van der Waals surface area contributed by atoms with E-state index in [-0.39, 0.29) is 41.8 Å². The molecule has 7 heteroatoms. The van der Waals surface area contributed by atoms with Gasteiger partial charge in [-0.2, -0.15) is 0 Å². The van der Waals surface area contributed by atoms with Crippen molar-refractivity contribution in [1.29, 1.82) is 0 Å². The molecule has 0 radical (unpaired) electrons. The Morgan fingerprint density at radius 2 is 1.96 bits per heavy atom. The smallest absolute Gasteiger partial charge is 0.243 e. The Hall–Kier alpha value is -0.570. The first kappa shape index (κ1) is 21.5. The second kappa shape index (κ2) is 9.79. The molecule has 0 aromatic carbocycles. The van der Waals surface area contributed by atoms with Crippen LogP contribution in [0.15, 0.2) is 4.99 Å². The molecule has 2 fully saturated rings. The predicted octanol–water partition coefficient (Wildman–Crippen LogP) is 1.99. The van der Waals surface area contributed by atoms with Gasteiger partial charge in [0.05, 0.1) is 6.10 Å². The highest BCUT2D eigenvalue weighted by Crippen LogP contribution is 2.54. The zero-order valence-electron chi connectivity index (χ0n) is 15.4. The zero-order valence-corrected chi connectivity index (χ0v) is 17.8. The van der Waals surface area contributed by atoms with Crippen LogP contribution in [0.25, 0.3) is 0 Å². The molecule has 140 valence electrons. The SMILES string of the molecule is CCNC(=NCC(=O)N(C)C)NC1CC(OCC)C12CCCC2.I. The van der Waals surface area contributed by atoms with Crippen LogP contribution in [0.5, 0.6) is 0 Å². The average molecular weight is 452 g/mol. The Bertz CT molecular complexity index is 436. The number of guanidine groups is 1. The number of ether oxygens (including phenoxy) is 1. The maximum atomic E-state index is 11.8. The lowest BCUT2D eigenvalue weighted by molar-refractivity contribution is -0.127. The van der Waals surface area contributed by atoms with Gasteiger partial charge in [-0.3, -0.25) is 4.79 Å². The van der Waals surface area contributed by atoms with Gasteiger partial charge >= 0.3 is 0 Å². The maximum Gasteiger partial charge on any atom is 0.243 e. The molecule has 0 aliphatic heterocycles. The molecular weight excluding hydrogens is 419 g/mol. The molecule has 0 heterocycles. The number of hydrogen-bond acceptors (Lipinski definition) is 3. The minimum absolute atomic E-state index is 0. The highest BCUT2D eigenvalue weighted by Gasteiger charge is 2.56. The number of carbonyl (C=O) groups is 1. The molecule has 24 heavy (non-hydrogen) atoms. The number of halogens is 1. The zero-order chi connectivity index (χ0) is 16.9. The van der Waals surface area contributed by atoms with Gasteiger partial charge in [-0.1, -0.05) is 12.8 Å². The van der Waals surface area contributed by atoms with E-state index in [1.54, 1.807) is 19.0 Å². The lowest BCUT2D eigenvalue weighted by Crippen LogP contribution is -2.65. The minimum atomic E-state index is 0. The number of aliphatic imine (C=N–C) groups is 1. The summed E-state index contributed by atoms with van der Waals surface area (Å²) >= 11 is 0. The summed E-state index contributed by atoms with van der Waals surface area (Å²) in [6, 6.07) is 0.397. The van der Waals surface area contributed by atoms with Crippen LogP contribution in [0.2, 0.25) is 0 Å². The Labute approximate surface area is 163 Å². The summed E-state index contributed by atoms with van der Waals surface area (Å²) in [5.41, 5.74) is 0.262. The summed E-state index contributed by atoms with van der Waals surface area (Å²) < 4.78 is 5.96. The van der Waals surface area contributed by atoms with E-state index in [1.807, 2.05) is 6.92 Å². The van der Waals surface area contributed by atoms with E-state index in [0.29, 0.717) is 12.1 Å². The van der Waals surface area contributed by atoms with E-state index in [9.17, 15) is 4.79 Å². The molecule has 2 rings (SSSR count). The average Bonchev–Trinajstić information content (AvgIpc) is 3.03. The molecule has 0 saturated heterocycles. The molecule has 0 aromatic heterocycles. The third kappa shape index (κ3) is 4.74. The standard InChI is InChI=1S/C17H32N4O2.HI/c1-5-18-16(19-12-15(22)21(3)4)20-13-11-14(23-6-2)17(13)9-7-8-10-17;/h13-14H,5-12H2,1-4H3,(H2,18,19,20);1H. The van der Waals surface area contributed by atoms with Crippen LogP contribution in [0, 0.1) is 5.41 Å². The Kier molecular flexibility index (Phi) is 8.76. The molecule has 1 spiro atoms. The number of likely N-dealkylation sites (N-methyl/N-ethyl adjacent to an activating group) is 1. The van der Waals surface area contributed by atoms with Crippen LogP contribution in [0.1, 0.15) is 46.0 Å². The summed E-state index contributed by atoms with van der Waals surface area (Å²) in [4.78, 5) is 17.8. The van der Waals surface area contributed by atoms with Gasteiger partial charge in [-0.05, 0) is 33.1 Å². The van der Waals surface area contributed by atoms with Crippen LogP contribution in [-0.4, -0.2) is 62.7 Å².